The summed E-state index contributed by atoms with van der Waals surface area (Å²) in [6.07, 6.45) is 0.118. The minimum absolute atomic E-state index is 0.0584. The molecule has 14 heteroatoms. The third kappa shape index (κ3) is 3.65. The molecule has 0 atom stereocenters. The Bertz CT molecular complexity index is 1280. The van der Waals surface area contributed by atoms with Gasteiger partial charge in [0.05, 0.1) is 18.3 Å². The van der Waals surface area contributed by atoms with E-state index in [9.17, 15) is 27.6 Å². The number of pyridine rings is 1. The molecule has 5 heterocycles. The summed E-state index contributed by atoms with van der Waals surface area (Å²) >= 11 is 6.35. The Morgan fingerprint density at radius 2 is 1.91 bits per heavy atom. The molecule has 0 spiro atoms. The van der Waals surface area contributed by atoms with Gasteiger partial charge in [-0.3, -0.25) is 24.0 Å². The van der Waals surface area contributed by atoms with Crippen molar-refractivity contribution in [3.05, 3.63) is 41.1 Å². The highest BCUT2D eigenvalue weighted by Gasteiger charge is 2.39. The molecule has 10 nitrogen and oxygen atoms in total. The van der Waals surface area contributed by atoms with Gasteiger partial charge in [0.1, 0.15) is 5.15 Å². The maximum atomic E-state index is 13.8. The molecule has 0 bridgehead atoms. The first kappa shape index (κ1) is 22.2. The van der Waals surface area contributed by atoms with E-state index in [0.717, 1.165) is 15.4 Å². The Morgan fingerprint density at radius 3 is 2.50 bits per heavy atom. The molecule has 34 heavy (non-hydrogen) atoms. The van der Waals surface area contributed by atoms with Crippen LogP contribution in [0.3, 0.4) is 0 Å². The number of amides is 4. The van der Waals surface area contributed by atoms with Gasteiger partial charge in [-0.1, -0.05) is 11.6 Å². The van der Waals surface area contributed by atoms with Crippen LogP contribution >= 0.6 is 11.6 Å². The molecule has 2 aliphatic rings. The van der Waals surface area contributed by atoms with Crippen LogP contribution < -0.4 is 5.32 Å². The van der Waals surface area contributed by atoms with Gasteiger partial charge >= 0.3 is 12.2 Å². The van der Waals surface area contributed by atoms with Gasteiger partial charge in [-0.2, -0.15) is 18.3 Å². The van der Waals surface area contributed by atoms with Crippen molar-refractivity contribution in [2.45, 2.75) is 25.1 Å². The number of piperidine rings is 1. The van der Waals surface area contributed by atoms with Crippen molar-refractivity contribution in [1.82, 2.24) is 34.7 Å². The van der Waals surface area contributed by atoms with E-state index in [1.54, 1.807) is 0 Å². The second-order valence-corrected chi connectivity index (χ2v) is 8.38. The molecule has 3 aromatic heterocycles. The second-order valence-electron chi connectivity index (χ2n) is 8.02. The van der Waals surface area contributed by atoms with E-state index in [1.807, 2.05) is 0 Å². The zero-order chi connectivity index (χ0) is 24.2. The number of hydrogen-bond acceptors (Lipinski definition) is 5. The molecule has 0 radical (unpaired) electrons. The predicted octanol–water partition coefficient (Wildman–Crippen LogP) is 2.55. The zero-order valence-electron chi connectivity index (χ0n) is 17.4. The normalized spacial score (nSPS) is 17.6. The Kier molecular flexibility index (Phi) is 5.23. The summed E-state index contributed by atoms with van der Waals surface area (Å²) < 4.78 is 42.5. The number of nitrogens with zero attached hydrogens (tertiary/aromatic N) is 5. The molecule has 2 N–H and O–H groups in total. The van der Waals surface area contributed by atoms with Crippen molar-refractivity contribution in [2.75, 3.05) is 19.6 Å². The maximum absolute atomic E-state index is 13.8. The average molecular weight is 496 g/mol. The van der Waals surface area contributed by atoms with Crippen molar-refractivity contribution < 1.29 is 27.6 Å². The number of likely N-dealkylation sites (tertiary alicyclic amines) is 1. The molecule has 0 aromatic carbocycles. The van der Waals surface area contributed by atoms with E-state index in [2.05, 4.69) is 20.5 Å². The monoisotopic (exact) mass is 495 g/mol. The summed E-state index contributed by atoms with van der Waals surface area (Å²) in [5.41, 5.74) is -1.22. The van der Waals surface area contributed by atoms with Gasteiger partial charge in [0.2, 0.25) is 5.91 Å². The molecule has 0 saturated carbocycles. The van der Waals surface area contributed by atoms with Crippen LogP contribution in [0.2, 0.25) is 5.15 Å². The number of H-pyrrole nitrogens is 1. The predicted molar refractivity (Wildman–Crippen MR) is 112 cm³/mol. The van der Waals surface area contributed by atoms with Crippen LogP contribution in [0.1, 0.15) is 28.9 Å². The molecule has 178 valence electrons. The van der Waals surface area contributed by atoms with E-state index in [-0.39, 0.29) is 48.0 Å². The number of nitrogens with one attached hydrogen (secondary N) is 2. The molecule has 4 amide bonds. The largest absolute Gasteiger partial charge is 0.420 e. The van der Waals surface area contributed by atoms with Crippen LogP contribution in [-0.4, -0.2) is 72.9 Å². The highest BCUT2D eigenvalue weighted by molar-refractivity contribution is 6.33. The number of hydrogen-bond donors (Lipinski definition) is 2. The van der Waals surface area contributed by atoms with Crippen LogP contribution in [0, 0.1) is 0 Å². The van der Waals surface area contributed by atoms with Gasteiger partial charge in [-0.25, -0.2) is 9.78 Å². The van der Waals surface area contributed by atoms with E-state index < -0.39 is 29.3 Å². The third-order valence-electron chi connectivity index (χ3n) is 6.00. The number of carbonyl (C=O) groups excluding carboxylic acids is 3. The van der Waals surface area contributed by atoms with Crippen LogP contribution in [0.25, 0.3) is 16.8 Å². The fraction of sp³-hybridized carbons (Fsp3) is 0.350. The molecule has 0 unspecified atom stereocenters. The molecule has 5 rings (SSSR count). The molecule has 3 aromatic rings. The summed E-state index contributed by atoms with van der Waals surface area (Å²) in [4.78, 5) is 43.5. The van der Waals surface area contributed by atoms with Gasteiger partial charge in [0, 0.05) is 42.7 Å². The number of rotatable bonds is 3. The number of imidazole rings is 1. The number of urea groups is 1. The van der Waals surface area contributed by atoms with E-state index in [1.165, 1.54) is 23.5 Å². The molecular weight excluding hydrogens is 479 g/mol. The first-order valence-electron chi connectivity index (χ1n) is 10.3. The number of fused-ring (bicyclic) bond motifs is 1. The highest BCUT2D eigenvalue weighted by Crippen LogP contribution is 2.37. The Labute approximate surface area is 194 Å². The summed E-state index contributed by atoms with van der Waals surface area (Å²) in [5.74, 6) is -0.950. The average Bonchev–Trinajstić information content (AvgIpc) is 3.52. The van der Waals surface area contributed by atoms with Crippen LogP contribution in [0.4, 0.5) is 18.0 Å². The topological polar surface area (TPSA) is 116 Å². The Hall–Kier alpha value is -3.61. The van der Waals surface area contributed by atoms with Gasteiger partial charge in [-0.15, -0.1) is 0 Å². The first-order valence-corrected chi connectivity index (χ1v) is 10.7. The molecule has 2 fully saturated rings. The summed E-state index contributed by atoms with van der Waals surface area (Å²) in [6.45, 7) is 0.325. The number of aromatic amines is 1. The van der Waals surface area contributed by atoms with Crippen LogP contribution in [0.5, 0.6) is 0 Å². The zero-order valence-corrected chi connectivity index (χ0v) is 18.2. The smallest absolute Gasteiger partial charge is 0.337 e. The number of halogens is 4. The number of aromatic nitrogens is 4. The quantitative estimate of drug-likeness (QED) is 0.542. The minimum atomic E-state index is -4.74. The fourth-order valence-electron chi connectivity index (χ4n) is 4.31. The standard InChI is InChI=1S/C20H17ClF3N7O3/c21-16-15(18(33)29-3-1-12(2-4-29)31-14(32)8-25-19(31)34)28-17-13(20(22,23)24)5-10(9-30(16)17)11-6-26-27-7-11/h5-7,9,12H,1-4,8H2,(H,25,34)(H,26,27). The highest BCUT2D eigenvalue weighted by atomic mass is 35.5. The third-order valence-corrected chi connectivity index (χ3v) is 6.36. The number of imide groups is 1. The molecular formula is C20H17ClF3N7O3. The van der Waals surface area contributed by atoms with E-state index >= 15 is 0 Å². The van der Waals surface area contributed by atoms with Crippen molar-refractivity contribution in [3.63, 3.8) is 0 Å². The Balaban J connectivity index is 1.45. The van der Waals surface area contributed by atoms with Gasteiger partial charge in [0.15, 0.2) is 11.3 Å². The minimum Gasteiger partial charge on any atom is -0.337 e. The Morgan fingerprint density at radius 1 is 1.18 bits per heavy atom. The van der Waals surface area contributed by atoms with E-state index in [4.69, 9.17) is 11.6 Å². The summed E-state index contributed by atoms with van der Waals surface area (Å²) in [7, 11) is 0. The SMILES string of the molecule is O=C(c1nc2c(C(F)(F)F)cc(-c3cn[nH]c3)cn2c1Cl)N1CCC(N2C(=O)CNC2=O)CC1. The maximum Gasteiger partial charge on any atom is 0.420 e. The fourth-order valence-corrected chi connectivity index (χ4v) is 4.56. The number of carbonyl (C=O) groups is 3. The second kappa shape index (κ2) is 8.01. The molecule has 2 saturated heterocycles. The number of alkyl halides is 3. The molecule has 0 aliphatic carbocycles. The first-order chi connectivity index (χ1) is 16.1. The lowest BCUT2D eigenvalue weighted by molar-refractivity contribution is -0.136. The summed E-state index contributed by atoms with van der Waals surface area (Å²) in [6, 6.07) is 0.109. The molecule has 2 aliphatic heterocycles. The van der Waals surface area contributed by atoms with Gasteiger partial charge in [-0.05, 0) is 18.9 Å². The van der Waals surface area contributed by atoms with Gasteiger partial charge in [0.25, 0.3) is 5.91 Å². The lowest BCUT2D eigenvalue weighted by Gasteiger charge is -2.34. The van der Waals surface area contributed by atoms with Crippen molar-refractivity contribution in [3.8, 4) is 11.1 Å². The van der Waals surface area contributed by atoms with E-state index in [0.29, 0.717) is 18.4 Å². The van der Waals surface area contributed by atoms with Crippen LogP contribution in [0.15, 0.2) is 24.7 Å². The van der Waals surface area contributed by atoms with Crippen molar-refractivity contribution in [1.29, 1.82) is 0 Å². The van der Waals surface area contributed by atoms with Gasteiger partial charge < -0.3 is 10.2 Å². The summed E-state index contributed by atoms with van der Waals surface area (Å²) in [5, 5.41) is 8.52. The van der Waals surface area contributed by atoms with Crippen molar-refractivity contribution >= 4 is 35.1 Å². The van der Waals surface area contributed by atoms with Crippen molar-refractivity contribution in [2.24, 2.45) is 0 Å². The lowest BCUT2D eigenvalue weighted by Crippen LogP contribution is -2.49. The van der Waals surface area contributed by atoms with Crippen LogP contribution in [-0.2, 0) is 11.0 Å². The lowest BCUT2D eigenvalue weighted by atomic mass is 10.0.